The van der Waals surface area contributed by atoms with E-state index < -0.39 is 10.0 Å². The molecule has 10 heteroatoms. The van der Waals surface area contributed by atoms with E-state index >= 15 is 0 Å². The first-order chi connectivity index (χ1) is 13.5. The van der Waals surface area contributed by atoms with Gasteiger partial charge in [-0.3, -0.25) is 4.90 Å². The van der Waals surface area contributed by atoms with E-state index in [2.05, 4.69) is 9.88 Å². The molecule has 1 aromatic heterocycles. The van der Waals surface area contributed by atoms with Gasteiger partial charge in [0.1, 0.15) is 11.5 Å². The zero-order chi connectivity index (χ0) is 20.1. The van der Waals surface area contributed by atoms with Crippen molar-refractivity contribution in [2.45, 2.75) is 29.9 Å². The molecule has 2 aliphatic rings. The molecule has 0 aliphatic carbocycles. The molecule has 2 N–H and O–H groups in total. The number of ether oxygens (including phenoxy) is 2. The Balaban J connectivity index is 1.54. The third-order valence-electron chi connectivity index (χ3n) is 5.32. The van der Waals surface area contributed by atoms with Crippen LogP contribution >= 0.6 is 0 Å². The van der Waals surface area contributed by atoms with Gasteiger partial charge >= 0.3 is 0 Å². The first kappa shape index (κ1) is 21.1. The number of methoxy groups -OCH3 is 1. The number of nitrogens with zero attached hydrogens (tertiary/aromatic N) is 3. The van der Waals surface area contributed by atoms with Gasteiger partial charge < -0.3 is 15.2 Å². The number of hydrogen-bond acceptors (Lipinski definition) is 7. The lowest BCUT2D eigenvalue weighted by atomic mass is 10.00. The summed E-state index contributed by atoms with van der Waals surface area (Å²) in [6.07, 6.45) is 3.59. The molecule has 0 aromatic carbocycles. The second-order valence-electron chi connectivity index (χ2n) is 7.04. The second-order valence-corrected chi connectivity index (χ2v) is 8.98. The molecule has 3 rings (SSSR count). The average Bonchev–Trinajstić information content (AvgIpc) is 2.69. The van der Waals surface area contributed by atoms with Gasteiger partial charge in [-0.05, 0) is 18.9 Å². The Morgan fingerprint density at radius 2 is 2.07 bits per heavy atom. The first-order valence-electron chi connectivity index (χ1n) is 9.32. The van der Waals surface area contributed by atoms with Gasteiger partial charge in [-0.2, -0.15) is 4.31 Å². The molecular formula is C18H27FN4O4S. The van der Waals surface area contributed by atoms with Gasteiger partial charge in [0.15, 0.2) is 0 Å². The van der Waals surface area contributed by atoms with Crippen molar-refractivity contribution in [2.75, 3.05) is 46.4 Å². The Morgan fingerprint density at radius 1 is 1.36 bits per heavy atom. The molecule has 2 aliphatic heterocycles. The maximum Gasteiger partial charge on any atom is 0.244 e. The normalized spacial score (nSPS) is 20.9. The van der Waals surface area contributed by atoms with E-state index in [0.717, 1.165) is 25.9 Å². The van der Waals surface area contributed by atoms with Crippen LogP contribution in [0, 0.1) is 0 Å². The maximum atomic E-state index is 12.9. The van der Waals surface area contributed by atoms with Gasteiger partial charge in [0, 0.05) is 57.5 Å². The standard InChI is InChI=1S/C18H27FN4O4S/c1-26-16-11-22(12-16)15-4-6-23(7-5-15)28(24,25)17-2-3-18(21-10-17)27-13-14(8-19)9-20/h2-3,8,10,15-16H,4-7,9,11-13,20H2,1H3/b14-8-. The lowest BCUT2D eigenvalue weighted by molar-refractivity contribution is -0.0585. The van der Waals surface area contributed by atoms with Gasteiger partial charge in [-0.25, -0.2) is 17.8 Å². The summed E-state index contributed by atoms with van der Waals surface area (Å²) in [5.41, 5.74) is 5.66. The lowest BCUT2D eigenvalue weighted by Crippen LogP contribution is -2.58. The Kier molecular flexibility index (Phi) is 7.00. The van der Waals surface area contributed by atoms with Crippen molar-refractivity contribution in [3.05, 3.63) is 30.2 Å². The summed E-state index contributed by atoms with van der Waals surface area (Å²) in [4.78, 5) is 6.50. The number of piperidine rings is 1. The quantitative estimate of drug-likeness (QED) is 0.670. The van der Waals surface area contributed by atoms with Crippen LogP contribution < -0.4 is 10.5 Å². The van der Waals surface area contributed by atoms with Gasteiger partial charge in [0.25, 0.3) is 0 Å². The van der Waals surface area contributed by atoms with Crippen molar-refractivity contribution in [2.24, 2.45) is 5.73 Å². The molecular weight excluding hydrogens is 387 g/mol. The average molecular weight is 415 g/mol. The number of sulfonamides is 1. The van der Waals surface area contributed by atoms with Gasteiger partial charge in [-0.1, -0.05) is 0 Å². The van der Waals surface area contributed by atoms with Crippen LogP contribution in [-0.4, -0.2) is 81.2 Å². The largest absolute Gasteiger partial charge is 0.473 e. The second kappa shape index (κ2) is 9.27. The van der Waals surface area contributed by atoms with Crippen LogP contribution in [0.4, 0.5) is 4.39 Å². The summed E-state index contributed by atoms with van der Waals surface area (Å²) in [7, 11) is -1.87. The fraction of sp³-hybridized carbons (Fsp3) is 0.611. The first-order valence-corrected chi connectivity index (χ1v) is 10.8. The van der Waals surface area contributed by atoms with Gasteiger partial charge in [0.05, 0.1) is 18.6 Å². The van der Waals surface area contributed by atoms with E-state index in [-0.39, 0.29) is 23.9 Å². The minimum absolute atomic E-state index is 0.0277. The summed E-state index contributed by atoms with van der Waals surface area (Å²) in [5, 5.41) is 0. The number of nitrogens with two attached hydrogens (primary N) is 1. The van der Waals surface area contributed by atoms with Gasteiger partial charge in [-0.15, -0.1) is 0 Å². The number of halogens is 1. The van der Waals surface area contributed by atoms with Crippen LogP contribution in [0.1, 0.15) is 12.8 Å². The third-order valence-corrected chi connectivity index (χ3v) is 7.20. The zero-order valence-electron chi connectivity index (χ0n) is 16.0. The molecule has 8 nitrogen and oxygen atoms in total. The Labute approximate surface area is 165 Å². The molecule has 0 unspecified atom stereocenters. The topological polar surface area (TPSA) is 98.0 Å². The minimum Gasteiger partial charge on any atom is -0.473 e. The Bertz CT molecular complexity index is 773. The molecule has 0 spiro atoms. The number of hydrogen-bond donors (Lipinski definition) is 1. The highest BCUT2D eigenvalue weighted by atomic mass is 32.2. The Morgan fingerprint density at radius 3 is 2.61 bits per heavy atom. The highest BCUT2D eigenvalue weighted by molar-refractivity contribution is 7.89. The van der Waals surface area contributed by atoms with Crippen molar-refractivity contribution in [1.29, 1.82) is 0 Å². The van der Waals surface area contributed by atoms with Crippen LogP contribution in [0.5, 0.6) is 5.88 Å². The summed E-state index contributed by atoms with van der Waals surface area (Å²) in [6.45, 7) is 2.83. The SMILES string of the molecule is COC1CN(C2CCN(S(=O)(=O)c3ccc(OC/C(=C\F)CN)nc3)CC2)C1. The van der Waals surface area contributed by atoms with Crippen molar-refractivity contribution in [3.8, 4) is 5.88 Å². The van der Waals surface area contributed by atoms with E-state index in [9.17, 15) is 12.8 Å². The lowest BCUT2D eigenvalue weighted by Gasteiger charge is -2.46. The van der Waals surface area contributed by atoms with Crippen molar-refractivity contribution >= 4 is 10.0 Å². The highest BCUT2D eigenvalue weighted by Gasteiger charge is 2.36. The summed E-state index contributed by atoms with van der Waals surface area (Å²) < 4.78 is 50.3. The smallest absolute Gasteiger partial charge is 0.244 e. The molecule has 2 saturated heterocycles. The molecule has 3 heterocycles. The van der Waals surface area contributed by atoms with E-state index in [4.69, 9.17) is 15.2 Å². The maximum absolute atomic E-state index is 12.9. The molecule has 0 radical (unpaired) electrons. The third kappa shape index (κ3) is 4.69. The van der Waals surface area contributed by atoms with Gasteiger partial charge in [0.2, 0.25) is 15.9 Å². The summed E-state index contributed by atoms with van der Waals surface area (Å²) in [5.74, 6) is 0.218. The number of aromatic nitrogens is 1. The summed E-state index contributed by atoms with van der Waals surface area (Å²) in [6, 6.07) is 3.34. The monoisotopic (exact) mass is 414 g/mol. The Hall–Kier alpha value is -1.59. The molecule has 28 heavy (non-hydrogen) atoms. The highest BCUT2D eigenvalue weighted by Crippen LogP contribution is 2.26. The zero-order valence-corrected chi connectivity index (χ0v) is 16.8. The van der Waals surface area contributed by atoms with Crippen molar-refractivity contribution in [1.82, 2.24) is 14.2 Å². The van der Waals surface area contributed by atoms with Crippen LogP contribution in [0.15, 0.2) is 35.1 Å². The summed E-state index contributed by atoms with van der Waals surface area (Å²) >= 11 is 0. The van der Waals surface area contributed by atoms with E-state index in [1.54, 1.807) is 7.11 Å². The molecule has 1 aromatic rings. The number of likely N-dealkylation sites (tertiary alicyclic amines) is 1. The van der Waals surface area contributed by atoms with Crippen LogP contribution in [0.2, 0.25) is 0 Å². The van der Waals surface area contributed by atoms with E-state index in [1.165, 1.54) is 22.6 Å². The van der Waals surface area contributed by atoms with Crippen LogP contribution in [0.25, 0.3) is 0 Å². The fourth-order valence-corrected chi connectivity index (χ4v) is 4.84. The molecule has 156 valence electrons. The van der Waals surface area contributed by atoms with Crippen LogP contribution in [-0.2, 0) is 14.8 Å². The molecule has 0 bridgehead atoms. The molecule has 2 fully saturated rings. The van der Waals surface area contributed by atoms with Crippen molar-refractivity contribution in [3.63, 3.8) is 0 Å². The number of rotatable bonds is 8. The minimum atomic E-state index is -3.59. The van der Waals surface area contributed by atoms with Crippen molar-refractivity contribution < 1.29 is 22.3 Å². The molecule has 0 amide bonds. The fourth-order valence-electron chi connectivity index (χ4n) is 3.42. The predicted octanol–water partition coefficient (Wildman–Crippen LogP) is 0.756. The number of pyridine rings is 1. The van der Waals surface area contributed by atoms with Crippen LogP contribution in [0.3, 0.4) is 0 Å². The predicted molar refractivity (Wildman–Crippen MR) is 102 cm³/mol. The van der Waals surface area contributed by atoms with E-state index in [0.29, 0.717) is 37.1 Å². The molecule has 0 saturated carbocycles. The molecule has 0 atom stereocenters. The van der Waals surface area contributed by atoms with E-state index in [1.807, 2.05) is 0 Å².